The Kier molecular flexibility index (Phi) is 5.01. The van der Waals surface area contributed by atoms with Crippen molar-refractivity contribution in [3.63, 3.8) is 0 Å². The number of rotatable bonds is 3. The van der Waals surface area contributed by atoms with Gasteiger partial charge in [-0.3, -0.25) is 4.90 Å². The molecule has 120 valence electrons. The Morgan fingerprint density at radius 2 is 1.91 bits per heavy atom. The van der Waals surface area contributed by atoms with Crippen molar-refractivity contribution in [2.45, 2.75) is 49.0 Å². The Morgan fingerprint density at radius 1 is 1.27 bits per heavy atom. The second-order valence-electron chi connectivity index (χ2n) is 6.28. The van der Waals surface area contributed by atoms with Crippen LogP contribution >= 0.6 is 11.8 Å². The number of carbonyl (C=O) groups is 2. The van der Waals surface area contributed by atoms with Crippen molar-refractivity contribution in [1.29, 1.82) is 0 Å². The lowest BCUT2D eigenvalue weighted by atomic mass is 10.2. The van der Waals surface area contributed by atoms with E-state index in [1.807, 2.05) is 30.3 Å². The van der Waals surface area contributed by atoms with Crippen molar-refractivity contribution < 1.29 is 19.4 Å². The predicted molar refractivity (Wildman–Crippen MR) is 85.1 cm³/mol. The van der Waals surface area contributed by atoms with Crippen LogP contribution in [-0.2, 0) is 9.53 Å². The molecule has 1 aromatic rings. The second-order valence-corrected chi connectivity index (χ2v) is 7.65. The molecule has 2 atom stereocenters. The van der Waals surface area contributed by atoms with E-state index in [0.717, 1.165) is 4.90 Å². The number of hydrogen-bond donors (Lipinski definition) is 1. The summed E-state index contributed by atoms with van der Waals surface area (Å²) in [6.45, 7) is 5.69. The van der Waals surface area contributed by atoms with E-state index in [9.17, 15) is 14.7 Å². The minimum absolute atomic E-state index is 0.0519. The molecule has 5 nitrogen and oxygen atoms in total. The van der Waals surface area contributed by atoms with Gasteiger partial charge in [-0.2, -0.15) is 0 Å². The van der Waals surface area contributed by atoms with Crippen molar-refractivity contribution in [3.05, 3.63) is 30.3 Å². The number of thioether (sulfide) groups is 1. The molecule has 6 heteroatoms. The molecule has 22 heavy (non-hydrogen) atoms. The molecule has 0 aromatic heterocycles. The van der Waals surface area contributed by atoms with E-state index in [1.165, 1.54) is 4.90 Å². The van der Waals surface area contributed by atoms with Gasteiger partial charge in [0.15, 0.2) is 0 Å². The zero-order valence-electron chi connectivity index (χ0n) is 13.0. The van der Waals surface area contributed by atoms with Gasteiger partial charge < -0.3 is 9.84 Å². The summed E-state index contributed by atoms with van der Waals surface area (Å²) in [5.74, 6) is -0.984. The van der Waals surface area contributed by atoms with E-state index in [-0.39, 0.29) is 5.25 Å². The van der Waals surface area contributed by atoms with E-state index in [2.05, 4.69) is 0 Å². The molecule has 1 saturated heterocycles. The number of carboxylic acids is 1. The molecule has 0 saturated carbocycles. The standard InChI is InChI=1S/C16H21NO4S/c1-16(2,3)21-15(20)17-10-12(9-13(17)14(18)19)22-11-7-5-4-6-8-11/h4-8,12-13H,9-10H2,1-3H3,(H,18,19)/t12?,13-/m0/s1. The van der Waals surface area contributed by atoms with E-state index in [0.29, 0.717) is 13.0 Å². The summed E-state index contributed by atoms with van der Waals surface area (Å²) in [5.41, 5.74) is -0.634. The number of carboxylic acid groups (broad SMARTS) is 1. The first-order valence-corrected chi connectivity index (χ1v) is 8.08. The summed E-state index contributed by atoms with van der Waals surface area (Å²) < 4.78 is 5.31. The maximum absolute atomic E-state index is 12.2. The second kappa shape index (κ2) is 6.60. The third kappa shape index (κ3) is 4.40. The van der Waals surface area contributed by atoms with Crippen LogP contribution in [-0.4, -0.2) is 45.5 Å². The number of ether oxygens (including phenoxy) is 1. The molecule has 2 rings (SSSR count). The number of aliphatic carboxylic acids is 1. The van der Waals surface area contributed by atoms with E-state index < -0.39 is 23.7 Å². The Balaban J connectivity index is 2.06. The molecule has 1 fully saturated rings. The van der Waals surface area contributed by atoms with Crippen LogP contribution < -0.4 is 0 Å². The molecule has 1 N–H and O–H groups in total. The molecule has 1 amide bonds. The quantitative estimate of drug-likeness (QED) is 0.925. The van der Waals surface area contributed by atoms with Crippen molar-refractivity contribution in [2.75, 3.05) is 6.54 Å². The molecular formula is C16H21NO4S. The Hall–Kier alpha value is -1.69. The summed E-state index contributed by atoms with van der Waals surface area (Å²) in [4.78, 5) is 26.0. The molecule has 1 aliphatic heterocycles. The molecule has 1 aromatic carbocycles. The van der Waals surface area contributed by atoms with E-state index in [4.69, 9.17) is 4.74 Å². The molecule has 1 aliphatic rings. The van der Waals surface area contributed by atoms with Crippen LogP contribution in [0.5, 0.6) is 0 Å². The smallest absolute Gasteiger partial charge is 0.411 e. The fourth-order valence-corrected chi connectivity index (χ4v) is 3.54. The van der Waals surface area contributed by atoms with E-state index >= 15 is 0 Å². The van der Waals surface area contributed by atoms with Crippen molar-refractivity contribution in [3.8, 4) is 0 Å². The van der Waals surface area contributed by atoms with Gasteiger partial charge in [0.1, 0.15) is 11.6 Å². The summed E-state index contributed by atoms with van der Waals surface area (Å²) in [5, 5.41) is 9.41. The number of benzene rings is 1. The van der Waals surface area contributed by atoms with Crippen LogP contribution in [0.15, 0.2) is 35.2 Å². The first kappa shape index (κ1) is 16.7. The van der Waals surface area contributed by atoms with Gasteiger partial charge in [-0.25, -0.2) is 9.59 Å². The Morgan fingerprint density at radius 3 is 2.45 bits per heavy atom. The number of likely N-dealkylation sites (tertiary alicyclic amines) is 1. The largest absolute Gasteiger partial charge is 0.480 e. The van der Waals surface area contributed by atoms with Gasteiger partial charge in [0.2, 0.25) is 0 Å². The van der Waals surface area contributed by atoms with Gasteiger partial charge >= 0.3 is 12.1 Å². The van der Waals surface area contributed by atoms with Crippen molar-refractivity contribution >= 4 is 23.8 Å². The molecule has 0 radical (unpaired) electrons. The zero-order valence-corrected chi connectivity index (χ0v) is 13.8. The number of hydrogen-bond acceptors (Lipinski definition) is 4. The fraction of sp³-hybridized carbons (Fsp3) is 0.500. The maximum atomic E-state index is 12.2. The lowest BCUT2D eigenvalue weighted by molar-refractivity contribution is -0.142. The van der Waals surface area contributed by atoms with Crippen LogP contribution in [0.4, 0.5) is 4.79 Å². The highest BCUT2D eigenvalue weighted by Crippen LogP contribution is 2.33. The topological polar surface area (TPSA) is 66.8 Å². The number of amides is 1. The highest BCUT2D eigenvalue weighted by molar-refractivity contribution is 8.00. The van der Waals surface area contributed by atoms with Gasteiger partial charge in [0.05, 0.1) is 0 Å². The third-order valence-electron chi connectivity index (χ3n) is 3.22. The monoisotopic (exact) mass is 323 g/mol. The lowest BCUT2D eigenvalue weighted by Gasteiger charge is -2.26. The van der Waals surface area contributed by atoms with Gasteiger partial charge in [-0.1, -0.05) is 18.2 Å². The van der Waals surface area contributed by atoms with Crippen LogP contribution in [0.1, 0.15) is 27.2 Å². The first-order chi connectivity index (χ1) is 10.3. The van der Waals surface area contributed by atoms with Crippen LogP contribution in [0, 0.1) is 0 Å². The highest BCUT2D eigenvalue weighted by Gasteiger charge is 2.41. The fourth-order valence-electron chi connectivity index (χ4n) is 2.33. The van der Waals surface area contributed by atoms with Crippen molar-refractivity contribution in [2.24, 2.45) is 0 Å². The molecule has 1 heterocycles. The Labute approximate surface area is 134 Å². The minimum Gasteiger partial charge on any atom is -0.480 e. The average molecular weight is 323 g/mol. The SMILES string of the molecule is CC(C)(C)OC(=O)N1CC(Sc2ccccc2)C[C@H]1C(=O)O. The van der Waals surface area contributed by atoms with Gasteiger partial charge in [0, 0.05) is 16.7 Å². The van der Waals surface area contributed by atoms with Crippen LogP contribution in [0.3, 0.4) is 0 Å². The normalized spacial score (nSPS) is 21.7. The van der Waals surface area contributed by atoms with Crippen molar-refractivity contribution in [1.82, 2.24) is 4.90 Å². The predicted octanol–water partition coefficient (Wildman–Crippen LogP) is 3.24. The molecule has 1 unspecified atom stereocenters. The molecule has 0 aliphatic carbocycles. The minimum atomic E-state index is -0.984. The molecule has 0 spiro atoms. The van der Waals surface area contributed by atoms with Gasteiger partial charge in [0.25, 0.3) is 0 Å². The van der Waals surface area contributed by atoms with Crippen LogP contribution in [0.2, 0.25) is 0 Å². The maximum Gasteiger partial charge on any atom is 0.411 e. The summed E-state index contributed by atoms with van der Waals surface area (Å²) in [6, 6.07) is 8.96. The lowest BCUT2D eigenvalue weighted by Crippen LogP contribution is -2.43. The Bertz CT molecular complexity index is 541. The third-order valence-corrected chi connectivity index (χ3v) is 4.44. The first-order valence-electron chi connectivity index (χ1n) is 7.20. The van der Waals surface area contributed by atoms with E-state index in [1.54, 1.807) is 32.5 Å². The van der Waals surface area contributed by atoms with Gasteiger partial charge in [-0.05, 0) is 39.3 Å². The molecule has 0 bridgehead atoms. The van der Waals surface area contributed by atoms with Gasteiger partial charge in [-0.15, -0.1) is 11.8 Å². The highest BCUT2D eigenvalue weighted by atomic mass is 32.2. The zero-order chi connectivity index (χ0) is 16.3. The summed E-state index contributed by atoms with van der Waals surface area (Å²) in [6.07, 6.45) is -0.134. The summed E-state index contributed by atoms with van der Waals surface area (Å²) >= 11 is 1.60. The number of carbonyl (C=O) groups excluding carboxylic acids is 1. The number of nitrogens with zero attached hydrogens (tertiary/aromatic N) is 1. The summed E-state index contributed by atoms with van der Waals surface area (Å²) in [7, 11) is 0. The van der Waals surface area contributed by atoms with Crippen LogP contribution in [0.25, 0.3) is 0 Å². The average Bonchev–Trinajstić information content (AvgIpc) is 2.82. The molecular weight excluding hydrogens is 302 g/mol.